The molecule has 28 heavy (non-hydrogen) atoms. The molecule has 0 radical (unpaired) electrons. The number of amidine groups is 1. The van der Waals surface area contributed by atoms with Crippen LogP contribution in [0.4, 0.5) is 5.69 Å². The van der Waals surface area contributed by atoms with E-state index in [2.05, 4.69) is 16.4 Å². The summed E-state index contributed by atoms with van der Waals surface area (Å²) in [4.78, 5) is 28.0. The van der Waals surface area contributed by atoms with E-state index in [4.69, 9.17) is 5.11 Å². The van der Waals surface area contributed by atoms with Gasteiger partial charge in [0.05, 0.1) is 17.0 Å². The van der Waals surface area contributed by atoms with E-state index in [-0.39, 0.29) is 12.3 Å². The minimum Gasteiger partial charge on any atom is -0.481 e. The highest BCUT2D eigenvalue weighted by Crippen LogP contribution is 2.29. The number of hydrogen-bond donors (Lipinski definition) is 2. The maximum Gasteiger partial charge on any atom is 0.307 e. The smallest absolute Gasteiger partial charge is 0.307 e. The number of carbonyl (C=O) groups is 2. The first-order valence-electron chi connectivity index (χ1n) is 8.66. The van der Waals surface area contributed by atoms with Crippen molar-refractivity contribution in [3.8, 4) is 0 Å². The summed E-state index contributed by atoms with van der Waals surface area (Å²) >= 11 is 1.29. The molecule has 0 spiro atoms. The lowest BCUT2D eigenvalue weighted by molar-refractivity contribution is -0.136. The molecule has 0 bridgehead atoms. The number of aliphatic carboxylic acids is 1. The molecule has 1 heterocycles. The maximum atomic E-state index is 12.3. The third-order valence-corrected chi connectivity index (χ3v) is 5.15. The summed E-state index contributed by atoms with van der Waals surface area (Å²) in [6.07, 6.45) is 1.83. The molecule has 1 saturated heterocycles. The van der Waals surface area contributed by atoms with Crippen molar-refractivity contribution in [2.75, 3.05) is 0 Å². The Bertz CT molecular complexity index is 1130. The van der Waals surface area contributed by atoms with E-state index in [1.54, 1.807) is 24.3 Å². The van der Waals surface area contributed by atoms with Crippen molar-refractivity contribution in [2.24, 2.45) is 4.99 Å². The predicted molar refractivity (Wildman–Crippen MR) is 113 cm³/mol. The summed E-state index contributed by atoms with van der Waals surface area (Å²) in [6.45, 7) is 0. The van der Waals surface area contributed by atoms with Gasteiger partial charge in [0, 0.05) is 0 Å². The van der Waals surface area contributed by atoms with Gasteiger partial charge >= 0.3 is 5.97 Å². The molecule has 4 rings (SSSR count). The van der Waals surface area contributed by atoms with Crippen LogP contribution in [0.3, 0.4) is 0 Å². The molecular formula is C22H16N2O3S. The third-order valence-electron chi connectivity index (χ3n) is 4.24. The lowest BCUT2D eigenvalue weighted by atomic mass is 10.1. The fraction of sp³-hybridized carbons (Fsp3) is 0.0455. The Morgan fingerprint density at radius 2 is 1.79 bits per heavy atom. The average molecular weight is 388 g/mol. The van der Waals surface area contributed by atoms with Crippen LogP contribution in [0.1, 0.15) is 11.1 Å². The van der Waals surface area contributed by atoms with Crippen molar-refractivity contribution in [1.82, 2.24) is 5.32 Å². The van der Waals surface area contributed by atoms with Crippen LogP contribution in [-0.2, 0) is 16.0 Å². The first kappa shape index (κ1) is 18.0. The van der Waals surface area contributed by atoms with Crippen molar-refractivity contribution in [2.45, 2.75) is 6.42 Å². The molecule has 138 valence electrons. The van der Waals surface area contributed by atoms with E-state index < -0.39 is 5.97 Å². The van der Waals surface area contributed by atoms with Gasteiger partial charge in [-0.2, -0.15) is 0 Å². The second-order valence-electron chi connectivity index (χ2n) is 6.33. The molecule has 0 unspecified atom stereocenters. The van der Waals surface area contributed by atoms with Gasteiger partial charge in [0.2, 0.25) is 0 Å². The number of thioether (sulfide) groups is 1. The first-order valence-corrected chi connectivity index (χ1v) is 9.48. The standard InChI is InChI=1S/C22H16N2O3S/c25-20(26)13-14-6-9-18(10-7-14)23-22-24-21(27)19(28-22)12-15-5-8-16-3-1-2-4-17(16)11-15/h1-12H,13H2,(H,25,26)(H,23,24,27)/b19-12-. The van der Waals surface area contributed by atoms with Crippen LogP contribution in [0.15, 0.2) is 76.6 Å². The van der Waals surface area contributed by atoms with Crippen LogP contribution in [0, 0.1) is 0 Å². The Hall–Kier alpha value is -3.38. The fourth-order valence-corrected chi connectivity index (χ4v) is 3.75. The Labute approximate surface area is 165 Å². The van der Waals surface area contributed by atoms with Crippen LogP contribution in [0.5, 0.6) is 0 Å². The zero-order valence-corrected chi connectivity index (χ0v) is 15.6. The Balaban J connectivity index is 1.53. The Morgan fingerprint density at radius 1 is 1.04 bits per heavy atom. The molecule has 1 fully saturated rings. The largest absolute Gasteiger partial charge is 0.481 e. The SMILES string of the molecule is O=C(O)Cc1ccc(N=C2NC(=O)/C(=C/c3ccc4ccccc4c3)S2)cc1. The molecule has 3 aromatic carbocycles. The summed E-state index contributed by atoms with van der Waals surface area (Å²) in [5, 5.41) is 14.4. The number of fused-ring (bicyclic) bond motifs is 1. The molecule has 1 aliphatic rings. The summed E-state index contributed by atoms with van der Waals surface area (Å²) in [6, 6.07) is 21.1. The van der Waals surface area contributed by atoms with E-state index in [0.29, 0.717) is 21.3 Å². The zero-order chi connectivity index (χ0) is 19.5. The van der Waals surface area contributed by atoms with Gasteiger partial charge in [-0.25, -0.2) is 4.99 Å². The van der Waals surface area contributed by atoms with E-state index >= 15 is 0 Å². The lowest BCUT2D eigenvalue weighted by Crippen LogP contribution is -2.19. The van der Waals surface area contributed by atoms with Gasteiger partial charge in [0.15, 0.2) is 5.17 Å². The Morgan fingerprint density at radius 3 is 2.54 bits per heavy atom. The number of rotatable bonds is 4. The fourth-order valence-electron chi connectivity index (χ4n) is 2.91. The minimum atomic E-state index is -0.874. The lowest BCUT2D eigenvalue weighted by Gasteiger charge is -2.00. The number of amides is 1. The summed E-state index contributed by atoms with van der Waals surface area (Å²) < 4.78 is 0. The topological polar surface area (TPSA) is 78.8 Å². The zero-order valence-electron chi connectivity index (χ0n) is 14.8. The van der Waals surface area contributed by atoms with E-state index in [1.165, 1.54) is 11.8 Å². The second kappa shape index (κ2) is 7.70. The van der Waals surface area contributed by atoms with Crippen molar-refractivity contribution < 1.29 is 14.7 Å². The second-order valence-corrected chi connectivity index (χ2v) is 7.36. The number of aliphatic imine (C=N–C) groups is 1. The van der Waals surface area contributed by atoms with Gasteiger partial charge in [-0.3, -0.25) is 9.59 Å². The van der Waals surface area contributed by atoms with Gasteiger partial charge < -0.3 is 10.4 Å². The van der Waals surface area contributed by atoms with Gasteiger partial charge in [0.25, 0.3) is 5.91 Å². The van der Waals surface area contributed by atoms with Crippen molar-refractivity contribution in [1.29, 1.82) is 0 Å². The normalized spacial score (nSPS) is 16.6. The van der Waals surface area contributed by atoms with Crippen molar-refractivity contribution >= 4 is 51.3 Å². The molecular weight excluding hydrogens is 372 g/mol. The molecule has 6 heteroatoms. The highest BCUT2D eigenvalue weighted by Gasteiger charge is 2.23. The van der Waals surface area contributed by atoms with Crippen LogP contribution in [0.2, 0.25) is 0 Å². The van der Waals surface area contributed by atoms with Gasteiger partial charge in [-0.15, -0.1) is 0 Å². The molecule has 0 aromatic heterocycles. The number of carboxylic acids is 1. The monoisotopic (exact) mass is 388 g/mol. The highest BCUT2D eigenvalue weighted by molar-refractivity contribution is 8.18. The molecule has 3 aromatic rings. The average Bonchev–Trinajstić information content (AvgIpc) is 3.02. The van der Waals surface area contributed by atoms with E-state index in [0.717, 1.165) is 16.3 Å². The molecule has 1 amide bonds. The summed E-state index contributed by atoms with van der Waals surface area (Å²) in [5.74, 6) is -1.06. The van der Waals surface area contributed by atoms with Crippen LogP contribution in [-0.4, -0.2) is 22.2 Å². The number of nitrogens with zero attached hydrogens (tertiary/aromatic N) is 1. The number of hydrogen-bond acceptors (Lipinski definition) is 4. The highest BCUT2D eigenvalue weighted by atomic mass is 32.2. The number of nitrogens with one attached hydrogen (secondary N) is 1. The van der Waals surface area contributed by atoms with Crippen LogP contribution in [0.25, 0.3) is 16.8 Å². The van der Waals surface area contributed by atoms with Crippen molar-refractivity contribution in [3.05, 3.63) is 82.8 Å². The van der Waals surface area contributed by atoms with Gasteiger partial charge in [0.1, 0.15) is 0 Å². The quantitative estimate of drug-likeness (QED) is 0.651. The van der Waals surface area contributed by atoms with Gasteiger partial charge in [-0.05, 0) is 57.9 Å². The summed E-state index contributed by atoms with van der Waals surface area (Å²) in [7, 11) is 0. The Kier molecular flexibility index (Phi) is 4.95. The molecule has 1 aliphatic heterocycles. The third kappa shape index (κ3) is 4.13. The maximum absolute atomic E-state index is 12.3. The van der Waals surface area contributed by atoms with Crippen LogP contribution < -0.4 is 5.32 Å². The molecule has 0 atom stereocenters. The first-order chi connectivity index (χ1) is 13.6. The van der Waals surface area contributed by atoms with E-state index in [1.807, 2.05) is 42.5 Å². The molecule has 0 saturated carbocycles. The van der Waals surface area contributed by atoms with E-state index in [9.17, 15) is 9.59 Å². The predicted octanol–water partition coefficient (Wildman–Crippen LogP) is 4.36. The molecule has 5 nitrogen and oxygen atoms in total. The van der Waals surface area contributed by atoms with Gasteiger partial charge in [-0.1, -0.05) is 48.5 Å². The summed E-state index contributed by atoms with van der Waals surface area (Å²) in [5.41, 5.74) is 2.32. The van der Waals surface area contributed by atoms with Crippen molar-refractivity contribution in [3.63, 3.8) is 0 Å². The number of carboxylic acid groups (broad SMARTS) is 1. The minimum absolute atomic E-state index is 0.0268. The number of carbonyl (C=O) groups excluding carboxylic acids is 1. The number of benzene rings is 3. The van der Waals surface area contributed by atoms with Crippen LogP contribution >= 0.6 is 11.8 Å². The molecule has 2 N–H and O–H groups in total. The molecule has 0 aliphatic carbocycles.